The van der Waals surface area contributed by atoms with Gasteiger partial charge in [-0.25, -0.2) is 13.2 Å². The highest BCUT2D eigenvalue weighted by Gasteiger charge is 2.18. The quantitative estimate of drug-likeness (QED) is 0.838. The Morgan fingerprint density at radius 2 is 1.71 bits per heavy atom. The van der Waals surface area contributed by atoms with E-state index in [1.807, 2.05) is 0 Å². The van der Waals surface area contributed by atoms with Crippen molar-refractivity contribution >= 4 is 17.5 Å². The van der Waals surface area contributed by atoms with Gasteiger partial charge in [0.15, 0.2) is 0 Å². The van der Waals surface area contributed by atoms with Gasteiger partial charge in [-0.2, -0.15) is 0 Å². The molecule has 0 fully saturated rings. The van der Waals surface area contributed by atoms with Crippen molar-refractivity contribution in [2.24, 2.45) is 0 Å². The van der Waals surface area contributed by atoms with Crippen LogP contribution in [0.25, 0.3) is 0 Å². The fourth-order valence-electron chi connectivity index (χ4n) is 1.84. The zero-order chi connectivity index (χ0) is 15.6. The van der Waals surface area contributed by atoms with E-state index in [9.17, 15) is 18.0 Å². The first-order valence-electron chi connectivity index (χ1n) is 6.03. The molecule has 0 aromatic heterocycles. The Hall–Kier alpha value is -2.01. The summed E-state index contributed by atoms with van der Waals surface area (Å²) in [4.78, 5) is 13.3. The molecule has 1 amide bonds. The van der Waals surface area contributed by atoms with E-state index in [-0.39, 0.29) is 17.1 Å². The molecule has 0 spiro atoms. The maximum atomic E-state index is 13.6. The Labute approximate surface area is 124 Å². The van der Waals surface area contributed by atoms with Crippen LogP contribution in [0.1, 0.15) is 15.9 Å². The van der Waals surface area contributed by atoms with Crippen molar-refractivity contribution in [1.82, 2.24) is 4.90 Å². The molecule has 0 atom stereocenters. The van der Waals surface area contributed by atoms with E-state index in [1.165, 1.54) is 24.1 Å². The third kappa shape index (κ3) is 3.55. The SMILES string of the molecule is CN(Cc1ccc(F)cc1Cl)C(=O)c1cc(F)ccc1F. The van der Waals surface area contributed by atoms with E-state index >= 15 is 0 Å². The van der Waals surface area contributed by atoms with Crippen molar-refractivity contribution in [3.05, 3.63) is 70.0 Å². The second kappa shape index (κ2) is 6.18. The minimum atomic E-state index is -0.807. The Balaban J connectivity index is 2.21. The van der Waals surface area contributed by atoms with Gasteiger partial charge < -0.3 is 4.90 Å². The van der Waals surface area contributed by atoms with Crippen molar-refractivity contribution in [3.8, 4) is 0 Å². The fraction of sp³-hybridized carbons (Fsp3) is 0.133. The van der Waals surface area contributed by atoms with Gasteiger partial charge in [-0.05, 0) is 35.9 Å². The molecule has 0 saturated carbocycles. The zero-order valence-electron chi connectivity index (χ0n) is 11.0. The molecule has 2 aromatic carbocycles. The summed E-state index contributed by atoms with van der Waals surface area (Å²) >= 11 is 5.87. The molecule has 0 aliphatic carbocycles. The fourth-order valence-corrected chi connectivity index (χ4v) is 2.07. The minimum absolute atomic E-state index is 0.0495. The number of rotatable bonds is 3. The maximum absolute atomic E-state index is 13.6. The van der Waals surface area contributed by atoms with Gasteiger partial charge in [-0.3, -0.25) is 4.79 Å². The molecule has 2 nitrogen and oxygen atoms in total. The van der Waals surface area contributed by atoms with Gasteiger partial charge in [0, 0.05) is 18.6 Å². The van der Waals surface area contributed by atoms with Crippen molar-refractivity contribution in [3.63, 3.8) is 0 Å². The van der Waals surface area contributed by atoms with E-state index < -0.39 is 23.4 Å². The van der Waals surface area contributed by atoms with E-state index in [0.717, 1.165) is 24.3 Å². The second-order valence-electron chi connectivity index (χ2n) is 4.52. The highest BCUT2D eigenvalue weighted by atomic mass is 35.5. The van der Waals surface area contributed by atoms with Crippen molar-refractivity contribution in [2.75, 3.05) is 7.05 Å². The van der Waals surface area contributed by atoms with E-state index in [1.54, 1.807) is 0 Å². The number of hydrogen-bond acceptors (Lipinski definition) is 1. The van der Waals surface area contributed by atoms with Gasteiger partial charge >= 0.3 is 0 Å². The molecule has 0 aliphatic rings. The normalized spacial score (nSPS) is 10.5. The third-order valence-electron chi connectivity index (χ3n) is 2.93. The van der Waals surface area contributed by atoms with Crippen LogP contribution in [0, 0.1) is 17.5 Å². The van der Waals surface area contributed by atoms with Crippen LogP contribution in [-0.4, -0.2) is 17.9 Å². The van der Waals surface area contributed by atoms with Crippen molar-refractivity contribution in [2.45, 2.75) is 6.54 Å². The topological polar surface area (TPSA) is 20.3 Å². The summed E-state index contributed by atoms with van der Waals surface area (Å²) in [5, 5.41) is 0.161. The van der Waals surface area contributed by atoms with Crippen LogP contribution in [0.2, 0.25) is 5.02 Å². The lowest BCUT2D eigenvalue weighted by atomic mass is 10.1. The number of halogens is 4. The van der Waals surface area contributed by atoms with Gasteiger partial charge in [0.25, 0.3) is 5.91 Å². The first kappa shape index (κ1) is 15.4. The van der Waals surface area contributed by atoms with Gasteiger partial charge in [0.1, 0.15) is 17.5 Å². The molecule has 2 aromatic rings. The van der Waals surface area contributed by atoms with E-state index in [2.05, 4.69) is 0 Å². The Morgan fingerprint density at radius 3 is 2.38 bits per heavy atom. The largest absolute Gasteiger partial charge is 0.337 e. The van der Waals surface area contributed by atoms with Gasteiger partial charge in [0.2, 0.25) is 0 Å². The maximum Gasteiger partial charge on any atom is 0.256 e. The molecule has 2 rings (SSSR count). The average Bonchev–Trinajstić information content (AvgIpc) is 2.43. The molecular weight excluding hydrogens is 303 g/mol. The summed E-state index contributed by atoms with van der Waals surface area (Å²) in [7, 11) is 1.42. The summed E-state index contributed by atoms with van der Waals surface area (Å²) in [5.41, 5.74) is 0.140. The summed E-state index contributed by atoms with van der Waals surface area (Å²) in [6.45, 7) is 0.0495. The van der Waals surface area contributed by atoms with Crippen LogP contribution in [0.3, 0.4) is 0 Å². The number of carbonyl (C=O) groups excluding carboxylic acids is 1. The van der Waals surface area contributed by atoms with Crippen LogP contribution >= 0.6 is 11.6 Å². The lowest BCUT2D eigenvalue weighted by Gasteiger charge is -2.18. The number of hydrogen-bond donors (Lipinski definition) is 0. The Morgan fingerprint density at radius 1 is 1.10 bits per heavy atom. The first-order valence-corrected chi connectivity index (χ1v) is 6.40. The van der Waals surface area contributed by atoms with Crippen molar-refractivity contribution in [1.29, 1.82) is 0 Å². The predicted octanol–water partition coefficient (Wildman–Crippen LogP) is 4.03. The molecule has 0 N–H and O–H groups in total. The highest BCUT2D eigenvalue weighted by Crippen LogP contribution is 2.20. The van der Waals surface area contributed by atoms with E-state index in [0.29, 0.717) is 5.56 Å². The third-order valence-corrected chi connectivity index (χ3v) is 3.28. The van der Waals surface area contributed by atoms with E-state index in [4.69, 9.17) is 11.6 Å². The van der Waals surface area contributed by atoms with Crippen LogP contribution < -0.4 is 0 Å². The predicted molar refractivity (Wildman–Crippen MR) is 73.6 cm³/mol. The van der Waals surface area contributed by atoms with Gasteiger partial charge in [0.05, 0.1) is 5.56 Å². The molecule has 21 heavy (non-hydrogen) atoms. The molecule has 0 aliphatic heterocycles. The molecule has 0 radical (unpaired) electrons. The minimum Gasteiger partial charge on any atom is -0.337 e. The van der Waals surface area contributed by atoms with Crippen molar-refractivity contribution < 1.29 is 18.0 Å². The molecule has 0 saturated heterocycles. The smallest absolute Gasteiger partial charge is 0.256 e. The van der Waals surface area contributed by atoms with Crippen LogP contribution in [-0.2, 0) is 6.54 Å². The molecule has 0 bridgehead atoms. The Kier molecular flexibility index (Phi) is 4.53. The molecule has 6 heteroatoms. The molecular formula is C15H11ClF3NO. The number of carbonyl (C=O) groups is 1. The van der Waals surface area contributed by atoms with Gasteiger partial charge in [-0.1, -0.05) is 17.7 Å². The lowest BCUT2D eigenvalue weighted by Crippen LogP contribution is -2.27. The number of amides is 1. The van der Waals surface area contributed by atoms with Crippen LogP contribution in [0.4, 0.5) is 13.2 Å². The van der Waals surface area contributed by atoms with Crippen LogP contribution in [0.15, 0.2) is 36.4 Å². The molecule has 0 heterocycles. The number of benzene rings is 2. The summed E-state index contributed by atoms with van der Waals surface area (Å²) in [6, 6.07) is 6.42. The summed E-state index contributed by atoms with van der Waals surface area (Å²) < 4.78 is 39.6. The molecule has 110 valence electrons. The highest BCUT2D eigenvalue weighted by molar-refractivity contribution is 6.31. The first-order chi connectivity index (χ1) is 9.88. The zero-order valence-corrected chi connectivity index (χ0v) is 11.8. The molecule has 0 unspecified atom stereocenters. The lowest BCUT2D eigenvalue weighted by molar-refractivity contribution is 0.0780. The second-order valence-corrected chi connectivity index (χ2v) is 4.93. The Bertz CT molecular complexity index is 691. The van der Waals surface area contributed by atoms with Crippen LogP contribution in [0.5, 0.6) is 0 Å². The average molecular weight is 314 g/mol. The monoisotopic (exact) mass is 313 g/mol. The van der Waals surface area contributed by atoms with Gasteiger partial charge in [-0.15, -0.1) is 0 Å². The summed E-state index contributed by atoms with van der Waals surface area (Å²) in [6.07, 6.45) is 0. The number of nitrogens with zero attached hydrogens (tertiary/aromatic N) is 1. The standard InChI is InChI=1S/C15H11ClF3NO/c1-20(8-9-2-3-11(18)7-13(9)16)15(21)12-6-10(17)4-5-14(12)19/h2-7H,8H2,1H3. The summed E-state index contributed by atoms with van der Waals surface area (Å²) in [5.74, 6) is -2.69.